The molecule has 31 heavy (non-hydrogen) atoms. The molecule has 1 saturated heterocycles. The molecule has 0 amide bonds. The molecule has 1 aliphatic heterocycles. The van der Waals surface area contributed by atoms with E-state index in [0.29, 0.717) is 6.54 Å². The van der Waals surface area contributed by atoms with Crippen LogP contribution < -0.4 is 10.6 Å². The van der Waals surface area contributed by atoms with E-state index in [1.165, 1.54) is 19.3 Å². The van der Waals surface area contributed by atoms with Crippen molar-refractivity contribution in [2.45, 2.75) is 51.6 Å². The molecule has 1 fully saturated rings. The van der Waals surface area contributed by atoms with Gasteiger partial charge in [-0.2, -0.15) is 11.8 Å². The number of nitrogens with one attached hydrogen (secondary N) is 2. The molecule has 9 heteroatoms. The zero-order valence-electron chi connectivity index (χ0n) is 18.9. The molecular formula is C22H37N7OS. The van der Waals surface area contributed by atoms with E-state index in [1.807, 2.05) is 17.8 Å². The van der Waals surface area contributed by atoms with Gasteiger partial charge in [-0.25, -0.2) is 0 Å². The summed E-state index contributed by atoms with van der Waals surface area (Å²) in [6, 6.07) is 4.23. The molecule has 0 bridgehead atoms. The SMILES string of the molecule is CCc1nncn1CCNC(=NCC(c1ccco1)N1CCCCC1)NCCCSC. The maximum Gasteiger partial charge on any atom is 0.191 e. The highest BCUT2D eigenvalue weighted by Gasteiger charge is 2.24. The van der Waals surface area contributed by atoms with Crippen LogP contribution >= 0.6 is 11.8 Å². The Morgan fingerprint density at radius 1 is 1.26 bits per heavy atom. The highest BCUT2D eigenvalue weighted by atomic mass is 32.2. The van der Waals surface area contributed by atoms with Crippen LogP contribution in [0.5, 0.6) is 0 Å². The normalized spacial score (nSPS) is 16.4. The van der Waals surface area contributed by atoms with E-state index in [4.69, 9.17) is 9.41 Å². The Morgan fingerprint density at radius 3 is 2.84 bits per heavy atom. The highest BCUT2D eigenvalue weighted by Crippen LogP contribution is 2.25. The van der Waals surface area contributed by atoms with Crippen LogP contribution in [0.1, 0.15) is 50.2 Å². The minimum Gasteiger partial charge on any atom is -0.468 e. The van der Waals surface area contributed by atoms with Crippen molar-refractivity contribution in [3.05, 3.63) is 36.3 Å². The van der Waals surface area contributed by atoms with Gasteiger partial charge in [0.15, 0.2) is 5.96 Å². The van der Waals surface area contributed by atoms with Crippen molar-refractivity contribution in [1.82, 2.24) is 30.3 Å². The number of hydrogen-bond donors (Lipinski definition) is 2. The third kappa shape index (κ3) is 7.57. The highest BCUT2D eigenvalue weighted by molar-refractivity contribution is 7.98. The Morgan fingerprint density at radius 2 is 2.10 bits per heavy atom. The minimum atomic E-state index is 0.185. The fourth-order valence-corrected chi connectivity index (χ4v) is 4.34. The first kappa shape index (κ1) is 23.7. The second kappa shape index (κ2) is 13.4. The number of nitrogens with zero attached hydrogens (tertiary/aromatic N) is 5. The number of furan rings is 1. The molecule has 2 N–H and O–H groups in total. The van der Waals surface area contributed by atoms with Crippen LogP contribution in [-0.2, 0) is 13.0 Å². The van der Waals surface area contributed by atoms with Gasteiger partial charge in [0, 0.05) is 26.1 Å². The Labute approximate surface area is 190 Å². The third-order valence-corrected chi connectivity index (χ3v) is 6.30. The van der Waals surface area contributed by atoms with Crippen molar-refractivity contribution in [3.63, 3.8) is 0 Å². The first-order valence-electron chi connectivity index (χ1n) is 11.5. The Kier molecular flexibility index (Phi) is 10.2. The lowest BCUT2D eigenvalue weighted by atomic mass is 10.1. The average Bonchev–Trinajstić information content (AvgIpc) is 3.49. The fourth-order valence-electron chi connectivity index (χ4n) is 3.91. The number of piperidine rings is 1. The van der Waals surface area contributed by atoms with Gasteiger partial charge in [0.25, 0.3) is 0 Å². The van der Waals surface area contributed by atoms with Crippen LogP contribution in [0, 0.1) is 0 Å². The molecule has 2 aromatic heterocycles. The van der Waals surface area contributed by atoms with Crippen molar-refractivity contribution >= 4 is 17.7 Å². The summed E-state index contributed by atoms with van der Waals surface area (Å²) < 4.78 is 7.87. The van der Waals surface area contributed by atoms with E-state index < -0.39 is 0 Å². The number of rotatable bonds is 12. The fraction of sp³-hybridized carbons (Fsp3) is 0.682. The van der Waals surface area contributed by atoms with Gasteiger partial charge in [0.05, 0.1) is 18.8 Å². The molecule has 1 unspecified atom stereocenters. The van der Waals surface area contributed by atoms with Crippen molar-refractivity contribution in [1.29, 1.82) is 0 Å². The molecule has 8 nitrogen and oxygen atoms in total. The van der Waals surface area contributed by atoms with Gasteiger partial charge in [0.2, 0.25) is 0 Å². The number of aliphatic imine (C=N–C) groups is 1. The molecule has 3 rings (SSSR count). The summed E-state index contributed by atoms with van der Waals surface area (Å²) in [6.45, 7) is 7.50. The molecule has 2 aromatic rings. The van der Waals surface area contributed by atoms with Gasteiger partial charge < -0.3 is 19.6 Å². The second-order valence-corrected chi connectivity index (χ2v) is 8.80. The topological polar surface area (TPSA) is 83.5 Å². The van der Waals surface area contributed by atoms with E-state index in [-0.39, 0.29) is 6.04 Å². The van der Waals surface area contributed by atoms with Crippen LogP contribution in [0.2, 0.25) is 0 Å². The first-order chi connectivity index (χ1) is 15.3. The lowest BCUT2D eigenvalue weighted by molar-refractivity contribution is 0.150. The van der Waals surface area contributed by atoms with E-state index >= 15 is 0 Å². The molecule has 0 aliphatic carbocycles. The molecule has 1 atom stereocenters. The van der Waals surface area contributed by atoms with Gasteiger partial charge >= 0.3 is 0 Å². The van der Waals surface area contributed by atoms with Crippen LogP contribution in [0.4, 0.5) is 0 Å². The van der Waals surface area contributed by atoms with E-state index in [0.717, 1.165) is 68.9 Å². The number of likely N-dealkylation sites (tertiary alicyclic amines) is 1. The summed E-state index contributed by atoms with van der Waals surface area (Å²) in [5, 5.41) is 15.2. The maximum absolute atomic E-state index is 5.78. The summed E-state index contributed by atoms with van der Waals surface area (Å²) in [5.74, 6) is 4.02. The van der Waals surface area contributed by atoms with Gasteiger partial charge in [-0.05, 0) is 56.5 Å². The van der Waals surface area contributed by atoms with Crippen LogP contribution in [0.15, 0.2) is 34.1 Å². The summed E-state index contributed by atoms with van der Waals surface area (Å²) in [5.41, 5.74) is 0. The number of thioether (sulfide) groups is 1. The second-order valence-electron chi connectivity index (χ2n) is 7.81. The molecule has 3 heterocycles. The Balaban J connectivity index is 1.62. The summed E-state index contributed by atoms with van der Waals surface area (Å²) in [4.78, 5) is 7.48. The predicted octanol–water partition coefficient (Wildman–Crippen LogP) is 2.95. The number of aryl methyl sites for hydroxylation is 1. The zero-order valence-corrected chi connectivity index (χ0v) is 19.7. The average molecular weight is 448 g/mol. The molecule has 0 aromatic carbocycles. The smallest absolute Gasteiger partial charge is 0.191 e. The molecular weight excluding hydrogens is 410 g/mol. The monoisotopic (exact) mass is 447 g/mol. The van der Waals surface area contributed by atoms with Crippen molar-refractivity contribution in [3.8, 4) is 0 Å². The third-order valence-electron chi connectivity index (χ3n) is 5.60. The van der Waals surface area contributed by atoms with Gasteiger partial charge in [-0.3, -0.25) is 9.89 Å². The first-order valence-corrected chi connectivity index (χ1v) is 12.9. The number of guanidine groups is 1. The van der Waals surface area contributed by atoms with Crippen molar-refractivity contribution in [2.24, 2.45) is 4.99 Å². The molecule has 0 radical (unpaired) electrons. The van der Waals surface area contributed by atoms with Crippen molar-refractivity contribution < 1.29 is 4.42 Å². The van der Waals surface area contributed by atoms with E-state index in [2.05, 4.69) is 49.5 Å². The van der Waals surface area contributed by atoms with E-state index in [9.17, 15) is 0 Å². The largest absolute Gasteiger partial charge is 0.468 e. The van der Waals surface area contributed by atoms with Crippen LogP contribution in [-0.4, -0.2) is 70.4 Å². The molecule has 0 saturated carbocycles. The number of hydrogen-bond acceptors (Lipinski definition) is 6. The lowest BCUT2D eigenvalue weighted by Crippen LogP contribution is -2.41. The Bertz CT molecular complexity index is 756. The van der Waals surface area contributed by atoms with Gasteiger partial charge in [-0.15, -0.1) is 10.2 Å². The maximum atomic E-state index is 5.78. The minimum absolute atomic E-state index is 0.185. The summed E-state index contributed by atoms with van der Waals surface area (Å²) >= 11 is 1.87. The lowest BCUT2D eigenvalue weighted by Gasteiger charge is -2.32. The van der Waals surface area contributed by atoms with Crippen molar-refractivity contribution in [2.75, 3.05) is 44.7 Å². The quantitative estimate of drug-likeness (QED) is 0.294. The van der Waals surface area contributed by atoms with E-state index in [1.54, 1.807) is 12.6 Å². The molecule has 0 spiro atoms. The summed E-state index contributed by atoms with van der Waals surface area (Å²) in [6.07, 6.45) is 11.5. The van der Waals surface area contributed by atoms with Crippen LogP contribution in [0.25, 0.3) is 0 Å². The summed E-state index contributed by atoms with van der Waals surface area (Å²) in [7, 11) is 0. The standard InChI is InChI=1S/C22H37N7OS/c1-3-21-27-26-18-29(21)14-11-24-22(23-10-8-16-31-2)25-17-19(20-9-7-15-30-20)28-12-5-4-6-13-28/h7,9,15,18-19H,3-6,8,10-14,16-17H2,1-2H3,(H2,23,24,25). The van der Waals surface area contributed by atoms with Gasteiger partial charge in [-0.1, -0.05) is 13.3 Å². The molecule has 172 valence electrons. The van der Waals surface area contributed by atoms with Crippen LogP contribution in [0.3, 0.4) is 0 Å². The number of aromatic nitrogens is 3. The molecule has 1 aliphatic rings. The zero-order chi connectivity index (χ0) is 21.7. The Hall–Kier alpha value is -2.00. The van der Waals surface area contributed by atoms with Gasteiger partial charge in [0.1, 0.15) is 17.9 Å². The predicted molar refractivity (Wildman–Crippen MR) is 128 cm³/mol.